The van der Waals surface area contributed by atoms with Crippen LogP contribution in [0.2, 0.25) is 0 Å². The SMILES string of the molecule is CC=CNc1cc(Nc2nccc(-c3cn(C4CC4)c4ccccc34)n2)c(OC(F)(F)F)cc1N(C)CCN(C)C. The maximum atomic E-state index is 13.5. The summed E-state index contributed by atoms with van der Waals surface area (Å²) in [5, 5.41) is 7.21. The first-order valence-electron chi connectivity index (χ1n) is 13.5. The summed E-state index contributed by atoms with van der Waals surface area (Å²) in [5.41, 5.74) is 3.98. The van der Waals surface area contributed by atoms with E-state index in [4.69, 9.17) is 4.98 Å². The quantitative estimate of drug-likeness (QED) is 0.203. The average Bonchev–Trinajstić information content (AvgIpc) is 3.70. The summed E-state index contributed by atoms with van der Waals surface area (Å²) in [5.74, 6) is -0.224. The van der Waals surface area contributed by atoms with Crippen LogP contribution in [0.3, 0.4) is 0 Å². The van der Waals surface area contributed by atoms with Crippen LogP contribution in [0.15, 0.2) is 67.1 Å². The molecule has 1 aliphatic rings. The van der Waals surface area contributed by atoms with Gasteiger partial charge in [-0.25, -0.2) is 9.97 Å². The lowest BCUT2D eigenvalue weighted by atomic mass is 10.1. The third-order valence-electron chi connectivity index (χ3n) is 6.88. The standard InChI is InChI=1S/C30H34F3N7O/c1-5-13-34-24-17-25(28(41-30(31,32)33)18-27(24)39(4)16-15-38(2)3)37-29-35-14-12-23(36-29)22-19-40(20-10-11-20)26-9-7-6-8-21(22)26/h5-9,12-14,17-20,34H,10-11,15-16H2,1-4H3,(H,35,36,37). The minimum absolute atomic E-state index is 0.0802. The zero-order chi connectivity index (χ0) is 29.1. The van der Waals surface area contributed by atoms with Gasteiger partial charge in [0.2, 0.25) is 5.95 Å². The number of allylic oxidation sites excluding steroid dienone is 1. The number of benzene rings is 2. The van der Waals surface area contributed by atoms with E-state index in [9.17, 15) is 13.2 Å². The topological polar surface area (TPSA) is 70.5 Å². The number of nitrogens with zero attached hydrogens (tertiary/aromatic N) is 5. The highest BCUT2D eigenvalue weighted by Crippen LogP contribution is 2.42. The second-order valence-corrected chi connectivity index (χ2v) is 10.4. The summed E-state index contributed by atoms with van der Waals surface area (Å²) < 4.78 is 47.3. The van der Waals surface area contributed by atoms with Crippen molar-refractivity contribution in [3.63, 3.8) is 0 Å². The van der Waals surface area contributed by atoms with E-state index >= 15 is 0 Å². The average molecular weight is 566 g/mol. The molecule has 0 aliphatic heterocycles. The predicted molar refractivity (Wildman–Crippen MR) is 158 cm³/mol. The molecular weight excluding hydrogens is 531 g/mol. The van der Waals surface area contributed by atoms with Crippen LogP contribution in [-0.4, -0.2) is 60.0 Å². The molecule has 4 aromatic rings. The number of fused-ring (bicyclic) bond motifs is 1. The Balaban J connectivity index is 1.53. The summed E-state index contributed by atoms with van der Waals surface area (Å²) in [7, 11) is 5.71. The molecule has 0 amide bonds. The number of ether oxygens (including phenoxy) is 1. The second kappa shape index (κ2) is 11.7. The largest absolute Gasteiger partial charge is 0.573 e. The van der Waals surface area contributed by atoms with Crippen molar-refractivity contribution >= 4 is 33.9 Å². The van der Waals surface area contributed by atoms with Crippen LogP contribution >= 0.6 is 0 Å². The van der Waals surface area contributed by atoms with Gasteiger partial charge < -0.3 is 29.7 Å². The number of rotatable bonds is 11. The van der Waals surface area contributed by atoms with E-state index in [1.165, 1.54) is 6.07 Å². The Hall–Kier alpha value is -4.25. The van der Waals surface area contributed by atoms with Gasteiger partial charge in [0.1, 0.15) is 0 Å². The zero-order valence-corrected chi connectivity index (χ0v) is 23.5. The van der Waals surface area contributed by atoms with Crippen molar-refractivity contribution in [2.75, 3.05) is 49.8 Å². The first-order valence-corrected chi connectivity index (χ1v) is 13.5. The fourth-order valence-corrected chi connectivity index (χ4v) is 4.70. The van der Waals surface area contributed by atoms with Crippen LogP contribution in [0.1, 0.15) is 25.8 Å². The Morgan fingerprint density at radius 2 is 1.85 bits per heavy atom. The van der Waals surface area contributed by atoms with Gasteiger partial charge in [-0.3, -0.25) is 0 Å². The summed E-state index contributed by atoms with van der Waals surface area (Å²) >= 11 is 0. The van der Waals surface area contributed by atoms with Crippen LogP contribution in [-0.2, 0) is 0 Å². The molecule has 1 fully saturated rings. The van der Waals surface area contributed by atoms with Crippen molar-refractivity contribution in [3.8, 4) is 17.0 Å². The van der Waals surface area contributed by atoms with Gasteiger partial charge in [-0.1, -0.05) is 24.3 Å². The van der Waals surface area contributed by atoms with E-state index in [1.807, 2.05) is 56.1 Å². The molecule has 8 nitrogen and oxygen atoms in total. The van der Waals surface area contributed by atoms with Crippen LogP contribution in [0.4, 0.5) is 36.2 Å². The normalized spacial score (nSPS) is 13.8. The number of alkyl halides is 3. The monoisotopic (exact) mass is 565 g/mol. The summed E-state index contributed by atoms with van der Waals surface area (Å²) in [6.07, 6.45) is 4.62. The Labute approximate surface area is 237 Å². The van der Waals surface area contributed by atoms with Gasteiger partial charge in [-0.15, -0.1) is 13.2 Å². The number of halogens is 3. The molecule has 0 atom stereocenters. The van der Waals surface area contributed by atoms with Gasteiger partial charge in [-0.05, 0) is 58.3 Å². The summed E-state index contributed by atoms with van der Waals surface area (Å²) in [6, 6.07) is 13.4. The molecule has 2 aromatic carbocycles. The molecule has 0 spiro atoms. The van der Waals surface area contributed by atoms with E-state index in [-0.39, 0.29) is 17.4 Å². The smallest absolute Gasteiger partial charge is 0.403 e. The number of nitrogens with one attached hydrogen (secondary N) is 2. The molecule has 0 radical (unpaired) electrons. The molecular formula is C30H34F3N7O. The van der Waals surface area contributed by atoms with Gasteiger partial charge in [0.25, 0.3) is 0 Å². The number of anilines is 4. The number of likely N-dealkylation sites (N-methyl/N-ethyl adjacent to an activating group) is 2. The Morgan fingerprint density at radius 3 is 2.56 bits per heavy atom. The summed E-state index contributed by atoms with van der Waals surface area (Å²) in [4.78, 5) is 12.9. The lowest BCUT2D eigenvalue weighted by Crippen LogP contribution is -2.29. The first-order chi connectivity index (χ1) is 19.6. The fraction of sp³-hybridized carbons (Fsp3) is 0.333. The minimum Gasteiger partial charge on any atom is -0.403 e. The highest BCUT2D eigenvalue weighted by atomic mass is 19.4. The number of hydrogen-bond acceptors (Lipinski definition) is 7. The Morgan fingerprint density at radius 1 is 1.07 bits per heavy atom. The van der Waals surface area contributed by atoms with Gasteiger partial charge in [-0.2, -0.15) is 0 Å². The molecule has 0 saturated heterocycles. The number of hydrogen-bond donors (Lipinski definition) is 2. The lowest BCUT2D eigenvalue weighted by Gasteiger charge is -2.26. The molecule has 41 heavy (non-hydrogen) atoms. The molecule has 2 heterocycles. The first kappa shape index (κ1) is 28.3. The van der Waals surface area contributed by atoms with Crippen molar-refractivity contribution in [1.29, 1.82) is 0 Å². The van der Waals surface area contributed by atoms with Gasteiger partial charge >= 0.3 is 6.36 Å². The van der Waals surface area contributed by atoms with Crippen molar-refractivity contribution in [1.82, 2.24) is 19.4 Å². The van der Waals surface area contributed by atoms with E-state index in [0.717, 1.165) is 29.3 Å². The number of para-hydroxylation sites is 1. The maximum absolute atomic E-state index is 13.5. The number of aromatic nitrogens is 3. The fourth-order valence-electron chi connectivity index (χ4n) is 4.70. The maximum Gasteiger partial charge on any atom is 0.573 e. The van der Waals surface area contributed by atoms with E-state index in [1.54, 1.807) is 24.5 Å². The molecule has 2 N–H and O–H groups in total. The minimum atomic E-state index is -4.89. The van der Waals surface area contributed by atoms with Gasteiger partial charge in [0.05, 0.1) is 22.8 Å². The van der Waals surface area contributed by atoms with Crippen molar-refractivity contribution in [3.05, 3.63) is 67.1 Å². The molecule has 1 saturated carbocycles. The van der Waals surface area contributed by atoms with E-state index in [2.05, 4.69) is 43.3 Å². The van der Waals surface area contributed by atoms with Crippen LogP contribution < -0.4 is 20.3 Å². The van der Waals surface area contributed by atoms with Crippen LogP contribution in [0.25, 0.3) is 22.2 Å². The van der Waals surface area contributed by atoms with Gasteiger partial charge in [0.15, 0.2) is 5.75 Å². The van der Waals surface area contributed by atoms with Gasteiger partial charge in [0, 0.05) is 61.1 Å². The van der Waals surface area contributed by atoms with Crippen LogP contribution in [0.5, 0.6) is 5.75 Å². The second-order valence-electron chi connectivity index (χ2n) is 10.4. The highest BCUT2D eigenvalue weighted by molar-refractivity contribution is 5.95. The van der Waals surface area contributed by atoms with E-state index < -0.39 is 6.36 Å². The molecule has 0 bridgehead atoms. The van der Waals surface area contributed by atoms with Crippen molar-refractivity contribution in [2.45, 2.75) is 32.2 Å². The zero-order valence-electron chi connectivity index (χ0n) is 23.5. The molecule has 0 unspecified atom stereocenters. The molecule has 2 aromatic heterocycles. The molecule has 216 valence electrons. The van der Waals surface area contributed by atoms with Crippen molar-refractivity contribution < 1.29 is 17.9 Å². The Kier molecular flexibility index (Phi) is 8.07. The molecule has 1 aliphatic carbocycles. The predicted octanol–water partition coefficient (Wildman–Crippen LogP) is 7.02. The van der Waals surface area contributed by atoms with Crippen LogP contribution in [0, 0.1) is 0 Å². The van der Waals surface area contributed by atoms with E-state index in [0.29, 0.717) is 36.2 Å². The molecule has 5 rings (SSSR count). The van der Waals surface area contributed by atoms with Crippen molar-refractivity contribution in [2.24, 2.45) is 0 Å². The lowest BCUT2D eigenvalue weighted by molar-refractivity contribution is -0.274. The third kappa shape index (κ3) is 6.74. The third-order valence-corrected chi connectivity index (χ3v) is 6.88. The highest BCUT2D eigenvalue weighted by Gasteiger charge is 2.33. The molecule has 11 heteroatoms. The Bertz CT molecular complexity index is 1540. The summed E-state index contributed by atoms with van der Waals surface area (Å²) in [6.45, 7) is 3.16.